The Hall–Kier alpha value is -3.21. The number of nitrogens with zero attached hydrogens (tertiary/aromatic N) is 4. The summed E-state index contributed by atoms with van der Waals surface area (Å²) < 4.78 is 38.8. The van der Waals surface area contributed by atoms with E-state index in [2.05, 4.69) is 20.0 Å². The molecule has 1 aromatic carbocycles. The van der Waals surface area contributed by atoms with E-state index >= 15 is 0 Å². The van der Waals surface area contributed by atoms with Gasteiger partial charge in [-0.1, -0.05) is 12.5 Å². The highest BCUT2D eigenvalue weighted by atomic mass is 31.2. The molecule has 0 amide bonds. The summed E-state index contributed by atoms with van der Waals surface area (Å²) in [6.07, 6.45) is 8.42. The lowest BCUT2D eigenvalue weighted by Crippen LogP contribution is -2.37. The normalized spacial score (nSPS) is 18.4. The number of carbonyl (C=O) groups excluding carboxylic acids is 1. The molecule has 216 valence electrons. The molecule has 12 nitrogen and oxygen atoms in total. The number of aryl methyl sites for hydroxylation is 1. The van der Waals surface area contributed by atoms with Crippen molar-refractivity contribution in [3.05, 3.63) is 36.4 Å². The molecule has 3 heterocycles. The van der Waals surface area contributed by atoms with Gasteiger partial charge in [-0.15, -0.1) is 0 Å². The van der Waals surface area contributed by atoms with E-state index < -0.39 is 13.3 Å². The van der Waals surface area contributed by atoms with Gasteiger partial charge in [0.2, 0.25) is 6.79 Å². The van der Waals surface area contributed by atoms with Crippen molar-refractivity contribution in [1.82, 2.24) is 24.6 Å². The highest BCUT2D eigenvalue weighted by molar-refractivity contribution is 7.61. The zero-order valence-corrected chi connectivity index (χ0v) is 23.8. The van der Waals surface area contributed by atoms with Gasteiger partial charge in [0.25, 0.3) is 0 Å². The van der Waals surface area contributed by atoms with Gasteiger partial charge in [0, 0.05) is 6.16 Å². The van der Waals surface area contributed by atoms with E-state index in [0.29, 0.717) is 41.4 Å². The minimum Gasteiger partial charge on any atom is -0.461 e. The Morgan fingerprint density at radius 3 is 2.80 bits per heavy atom. The number of fused-ring (bicyclic) bond motifs is 2. The number of ether oxygens (including phenoxy) is 4. The van der Waals surface area contributed by atoms with Crippen LogP contribution in [0, 0.1) is 0 Å². The molecule has 1 saturated carbocycles. The molecular weight excluding hydrogens is 535 g/mol. The van der Waals surface area contributed by atoms with E-state index in [4.69, 9.17) is 24.7 Å². The zero-order chi connectivity index (χ0) is 28.1. The largest absolute Gasteiger partial charge is 0.461 e. The van der Waals surface area contributed by atoms with Gasteiger partial charge in [0.15, 0.2) is 30.3 Å². The molecule has 3 atom stereocenters. The summed E-state index contributed by atoms with van der Waals surface area (Å²) in [5, 5.41) is 3.10. The fourth-order valence-electron chi connectivity index (χ4n) is 5.04. The molecule has 0 bridgehead atoms. The van der Waals surface area contributed by atoms with E-state index in [1.165, 1.54) is 12.7 Å². The second kappa shape index (κ2) is 12.5. The maximum absolute atomic E-state index is 14.2. The zero-order valence-electron chi connectivity index (χ0n) is 23.0. The van der Waals surface area contributed by atoms with Crippen molar-refractivity contribution in [3.8, 4) is 11.5 Å². The summed E-state index contributed by atoms with van der Waals surface area (Å²) in [7, 11) is -3.18. The minimum absolute atomic E-state index is 0.0521. The Labute approximate surface area is 233 Å². The summed E-state index contributed by atoms with van der Waals surface area (Å²) in [5.41, 5.74) is 7.99. The lowest BCUT2D eigenvalue weighted by Gasteiger charge is -2.27. The van der Waals surface area contributed by atoms with Gasteiger partial charge in [-0.05, 0) is 63.6 Å². The van der Waals surface area contributed by atoms with Crippen molar-refractivity contribution in [1.29, 1.82) is 0 Å². The monoisotopic (exact) mass is 572 g/mol. The van der Waals surface area contributed by atoms with Crippen LogP contribution in [-0.2, 0) is 31.8 Å². The SMILES string of the molecule is C[C@H](Cn1cnc2c(N)ncnc21)OCP(=O)(CCc1ccc2c(c1)OCO2)N[C@H](C)C(=O)OC1CCCCC1. The highest BCUT2D eigenvalue weighted by Crippen LogP contribution is 2.43. The van der Waals surface area contributed by atoms with Crippen molar-refractivity contribution < 1.29 is 28.3 Å². The van der Waals surface area contributed by atoms with Crippen molar-refractivity contribution >= 4 is 30.2 Å². The van der Waals surface area contributed by atoms with Crippen molar-refractivity contribution in [2.24, 2.45) is 0 Å². The van der Waals surface area contributed by atoms with Gasteiger partial charge in [-0.2, -0.15) is 0 Å². The summed E-state index contributed by atoms with van der Waals surface area (Å²) in [4.78, 5) is 25.4. The number of nitrogens with two attached hydrogens (primary N) is 1. The average Bonchev–Trinajstić information content (AvgIpc) is 3.59. The van der Waals surface area contributed by atoms with Gasteiger partial charge in [0.05, 0.1) is 19.0 Å². The predicted molar refractivity (Wildman–Crippen MR) is 149 cm³/mol. The van der Waals surface area contributed by atoms with Crippen LogP contribution in [0.3, 0.4) is 0 Å². The predicted octanol–water partition coefficient (Wildman–Crippen LogP) is 3.87. The van der Waals surface area contributed by atoms with E-state index in [9.17, 15) is 9.36 Å². The molecule has 2 aliphatic rings. The number of hydrogen-bond donors (Lipinski definition) is 2. The van der Waals surface area contributed by atoms with Crippen molar-refractivity contribution in [2.45, 2.75) is 77.2 Å². The number of hydrogen-bond acceptors (Lipinski definition) is 10. The third-order valence-electron chi connectivity index (χ3n) is 7.27. The molecule has 5 rings (SSSR count). The Kier molecular flexibility index (Phi) is 8.87. The van der Waals surface area contributed by atoms with Crippen molar-refractivity contribution in [2.75, 3.05) is 25.0 Å². The first-order valence-electron chi connectivity index (χ1n) is 13.8. The van der Waals surface area contributed by atoms with Crippen LogP contribution in [0.25, 0.3) is 11.2 Å². The number of imidazole rings is 1. The molecule has 3 N–H and O–H groups in total. The second-order valence-electron chi connectivity index (χ2n) is 10.5. The highest BCUT2D eigenvalue weighted by Gasteiger charge is 2.31. The molecule has 0 spiro atoms. The van der Waals surface area contributed by atoms with E-state index in [1.54, 1.807) is 13.3 Å². The molecule has 1 unspecified atom stereocenters. The van der Waals surface area contributed by atoms with E-state index in [0.717, 1.165) is 31.2 Å². The number of nitrogens with one attached hydrogen (secondary N) is 1. The number of benzene rings is 1. The minimum atomic E-state index is -3.18. The van der Waals surface area contributed by atoms with Crippen LogP contribution in [0.5, 0.6) is 11.5 Å². The fraction of sp³-hybridized carbons (Fsp3) is 0.556. The molecule has 2 aromatic heterocycles. The van der Waals surface area contributed by atoms with Crippen LogP contribution in [0.15, 0.2) is 30.9 Å². The number of rotatable bonds is 12. The third-order valence-corrected chi connectivity index (χ3v) is 9.64. The van der Waals surface area contributed by atoms with Gasteiger partial charge in [0.1, 0.15) is 30.3 Å². The molecule has 0 radical (unpaired) electrons. The van der Waals surface area contributed by atoms with Gasteiger partial charge in [-0.25, -0.2) is 15.0 Å². The van der Waals surface area contributed by atoms with Crippen LogP contribution in [-0.4, -0.2) is 63.0 Å². The molecule has 0 saturated heterocycles. The maximum Gasteiger partial charge on any atom is 0.323 e. The summed E-state index contributed by atoms with van der Waals surface area (Å²) in [5.74, 6) is 1.29. The number of anilines is 1. The second-order valence-corrected chi connectivity index (χ2v) is 13.3. The molecule has 40 heavy (non-hydrogen) atoms. The van der Waals surface area contributed by atoms with Gasteiger partial charge in [-0.3, -0.25) is 9.88 Å². The van der Waals surface area contributed by atoms with Crippen LogP contribution in [0.2, 0.25) is 0 Å². The Morgan fingerprint density at radius 2 is 1.98 bits per heavy atom. The van der Waals surface area contributed by atoms with Gasteiger partial charge < -0.3 is 33.8 Å². The lowest BCUT2D eigenvalue weighted by molar-refractivity contribution is -0.152. The Balaban J connectivity index is 1.24. The molecule has 1 fully saturated rings. The lowest BCUT2D eigenvalue weighted by atomic mass is 9.98. The smallest absolute Gasteiger partial charge is 0.323 e. The number of esters is 1. The van der Waals surface area contributed by atoms with E-state index in [-0.39, 0.29) is 37.5 Å². The number of carbonyl (C=O) groups is 1. The first-order chi connectivity index (χ1) is 19.3. The average molecular weight is 573 g/mol. The Bertz CT molecular complexity index is 1380. The van der Waals surface area contributed by atoms with Gasteiger partial charge >= 0.3 is 5.97 Å². The standard InChI is InChI=1S/C27H37N6O6P/c1-18(13-33-15-31-24-25(28)29-14-30-26(24)33)38-17-40(35,11-10-20-8-9-22-23(12-20)37-16-36-22)32-19(2)27(34)39-21-6-4-3-5-7-21/h8-9,12,14-15,18-19,21H,3-7,10-11,13,16-17H2,1-2H3,(H,32,35)(H2,28,29,30)/t18-,19-,40?/m1/s1. The fourth-order valence-corrected chi connectivity index (χ4v) is 7.30. The maximum atomic E-state index is 14.2. The molecule has 1 aliphatic heterocycles. The summed E-state index contributed by atoms with van der Waals surface area (Å²) >= 11 is 0. The molecule has 3 aromatic rings. The molecular formula is C27H37N6O6P. The topological polar surface area (TPSA) is 153 Å². The van der Waals surface area contributed by atoms with Crippen LogP contribution in [0.1, 0.15) is 51.5 Å². The Morgan fingerprint density at radius 1 is 1.18 bits per heavy atom. The van der Waals surface area contributed by atoms with E-state index in [1.807, 2.05) is 29.7 Å². The van der Waals surface area contributed by atoms with Crippen LogP contribution >= 0.6 is 7.29 Å². The summed E-state index contributed by atoms with van der Waals surface area (Å²) in [6.45, 7) is 4.20. The van der Waals surface area contributed by atoms with Crippen molar-refractivity contribution in [3.63, 3.8) is 0 Å². The third kappa shape index (κ3) is 6.92. The quantitative estimate of drug-likeness (QED) is 0.240. The first kappa shape index (κ1) is 28.3. The summed E-state index contributed by atoms with van der Waals surface area (Å²) in [6, 6.07) is 4.94. The number of nitrogen functional groups attached to an aromatic ring is 1. The molecule has 13 heteroatoms. The molecule has 1 aliphatic carbocycles. The number of aromatic nitrogens is 4. The van der Waals surface area contributed by atoms with Crippen LogP contribution in [0.4, 0.5) is 5.82 Å². The van der Waals surface area contributed by atoms with Crippen LogP contribution < -0.4 is 20.3 Å². The first-order valence-corrected chi connectivity index (χ1v) is 15.9.